The second kappa shape index (κ2) is 8.78. The molecule has 1 unspecified atom stereocenters. The Labute approximate surface area is 140 Å². The van der Waals surface area contributed by atoms with Crippen LogP contribution in [0.3, 0.4) is 0 Å². The minimum Gasteiger partial charge on any atom is -0.296 e. The van der Waals surface area contributed by atoms with Gasteiger partial charge in [-0.1, -0.05) is 50.6 Å². The molecule has 1 atom stereocenters. The molecular formula is C17H29N3O2S. The van der Waals surface area contributed by atoms with E-state index in [-0.39, 0.29) is 6.04 Å². The van der Waals surface area contributed by atoms with E-state index in [0.29, 0.717) is 19.6 Å². The fourth-order valence-electron chi connectivity index (χ4n) is 3.18. The molecule has 1 fully saturated rings. The molecule has 1 saturated heterocycles. The highest BCUT2D eigenvalue weighted by Crippen LogP contribution is 2.20. The summed E-state index contributed by atoms with van der Waals surface area (Å²) >= 11 is 0. The maximum Gasteiger partial charge on any atom is 0.279 e. The first-order valence-electron chi connectivity index (χ1n) is 8.62. The van der Waals surface area contributed by atoms with Crippen LogP contribution in [0, 0.1) is 0 Å². The second-order valence-electron chi connectivity index (χ2n) is 5.96. The lowest BCUT2D eigenvalue weighted by Gasteiger charge is -2.32. The topological polar surface area (TPSA) is 52.7 Å². The summed E-state index contributed by atoms with van der Waals surface area (Å²) < 4.78 is 29.5. The summed E-state index contributed by atoms with van der Waals surface area (Å²) in [6.45, 7) is 7.68. The molecule has 130 valence electrons. The Bertz CT molecular complexity index is 552. The van der Waals surface area contributed by atoms with Crippen LogP contribution in [0.25, 0.3) is 0 Å². The van der Waals surface area contributed by atoms with Crippen molar-refractivity contribution in [3.05, 3.63) is 35.9 Å². The van der Waals surface area contributed by atoms with Gasteiger partial charge in [-0.25, -0.2) is 4.72 Å². The van der Waals surface area contributed by atoms with Crippen molar-refractivity contribution in [3.63, 3.8) is 0 Å². The zero-order valence-electron chi connectivity index (χ0n) is 14.2. The van der Waals surface area contributed by atoms with Gasteiger partial charge in [0.25, 0.3) is 10.2 Å². The second-order valence-corrected chi connectivity index (χ2v) is 7.72. The molecule has 1 aromatic carbocycles. The van der Waals surface area contributed by atoms with Crippen LogP contribution in [-0.2, 0) is 10.2 Å². The summed E-state index contributed by atoms with van der Waals surface area (Å²) in [5.41, 5.74) is 1.15. The SMILES string of the molecule is CCN(CC)C(CNS(=O)(=O)N1CCCCC1)c1ccccc1. The van der Waals surface area contributed by atoms with E-state index in [1.165, 1.54) is 0 Å². The Hall–Kier alpha value is -0.950. The minimum absolute atomic E-state index is 0.0609. The van der Waals surface area contributed by atoms with Gasteiger partial charge in [-0.15, -0.1) is 0 Å². The van der Waals surface area contributed by atoms with Gasteiger partial charge in [-0.2, -0.15) is 12.7 Å². The first-order chi connectivity index (χ1) is 11.1. The van der Waals surface area contributed by atoms with Gasteiger partial charge in [0.15, 0.2) is 0 Å². The van der Waals surface area contributed by atoms with E-state index in [1.807, 2.05) is 18.2 Å². The predicted octanol–water partition coefficient (Wildman–Crippen LogP) is 2.39. The molecule has 6 heteroatoms. The fraction of sp³-hybridized carbons (Fsp3) is 0.647. The van der Waals surface area contributed by atoms with Gasteiger partial charge in [0.1, 0.15) is 0 Å². The highest BCUT2D eigenvalue weighted by molar-refractivity contribution is 7.87. The molecule has 1 aromatic rings. The van der Waals surface area contributed by atoms with Crippen LogP contribution in [0.1, 0.15) is 44.7 Å². The fourth-order valence-corrected chi connectivity index (χ4v) is 4.47. The monoisotopic (exact) mass is 339 g/mol. The van der Waals surface area contributed by atoms with Crippen molar-refractivity contribution in [2.45, 2.75) is 39.2 Å². The highest BCUT2D eigenvalue weighted by atomic mass is 32.2. The van der Waals surface area contributed by atoms with Crippen molar-refractivity contribution in [3.8, 4) is 0 Å². The van der Waals surface area contributed by atoms with Crippen molar-refractivity contribution >= 4 is 10.2 Å². The summed E-state index contributed by atoms with van der Waals surface area (Å²) in [6.07, 6.45) is 3.04. The van der Waals surface area contributed by atoms with Crippen molar-refractivity contribution in [2.24, 2.45) is 0 Å². The molecule has 0 aromatic heterocycles. The average molecular weight is 340 g/mol. The number of hydrogen-bond acceptors (Lipinski definition) is 3. The maximum atomic E-state index is 12.5. The van der Waals surface area contributed by atoms with Crippen LogP contribution in [0.5, 0.6) is 0 Å². The predicted molar refractivity (Wildman–Crippen MR) is 94.5 cm³/mol. The molecule has 23 heavy (non-hydrogen) atoms. The third-order valence-corrected chi connectivity index (χ3v) is 6.13. The zero-order chi connectivity index (χ0) is 16.7. The van der Waals surface area contributed by atoms with Crippen LogP contribution in [0.2, 0.25) is 0 Å². The van der Waals surface area contributed by atoms with E-state index in [2.05, 4.69) is 35.6 Å². The Balaban J connectivity index is 2.08. The Kier molecular flexibility index (Phi) is 7.02. The van der Waals surface area contributed by atoms with Crippen LogP contribution in [0.4, 0.5) is 0 Å². The smallest absolute Gasteiger partial charge is 0.279 e. The molecule has 5 nitrogen and oxygen atoms in total. The largest absolute Gasteiger partial charge is 0.296 e. The van der Waals surface area contributed by atoms with Gasteiger partial charge in [0.2, 0.25) is 0 Å². The number of benzene rings is 1. The quantitative estimate of drug-likeness (QED) is 0.791. The Morgan fingerprint density at radius 2 is 1.70 bits per heavy atom. The van der Waals surface area contributed by atoms with Gasteiger partial charge in [0, 0.05) is 25.7 Å². The first kappa shape index (κ1) is 18.4. The molecule has 1 heterocycles. The number of nitrogens with one attached hydrogen (secondary N) is 1. The lowest BCUT2D eigenvalue weighted by atomic mass is 10.1. The standard InChI is InChI=1S/C17H29N3O2S/c1-3-19(4-2)17(16-11-7-5-8-12-16)15-18-23(21,22)20-13-9-6-10-14-20/h5,7-8,11-12,17-18H,3-4,6,9-10,13-15H2,1-2H3. The number of hydrogen-bond donors (Lipinski definition) is 1. The third-order valence-electron chi connectivity index (χ3n) is 4.55. The molecule has 2 rings (SSSR count). The summed E-state index contributed by atoms with van der Waals surface area (Å²) in [6, 6.07) is 10.2. The molecule has 0 bridgehead atoms. The van der Waals surface area contributed by atoms with Crippen LogP contribution < -0.4 is 4.72 Å². The summed E-state index contributed by atoms with van der Waals surface area (Å²) in [5, 5.41) is 0. The van der Waals surface area contributed by atoms with E-state index in [1.54, 1.807) is 4.31 Å². The van der Waals surface area contributed by atoms with Gasteiger partial charge >= 0.3 is 0 Å². The van der Waals surface area contributed by atoms with Crippen molar-refractivity contribution in [1.29, 1.82) is 0 Å². The normalized spacial score (nSPS) is 18.2. The third kappa shape index (κ3) is 5.01. The number of nitrogens with zero attached hydrogens (tertiary/aromatic N) is 2. The van der Waals surface area contributed by atoms with Crippen molar-refractivity contribution in [1.82, 2.24) is 13.9 Å². The molecule has 0 spiro atoms. The molecule has 0 amide bonds. The van der Waals surface area contributed by atoms with Gasteiger partial charge < -0.3 is 0 Å². The van der Waals surface area contributed by atoms with E-state index >= 15 is 0 Å². The summed E-state index contributed by atoms with van der Waals surface area (Å²) in [4.78, 5) is 2.29. The average Bonchev–Trinajstić information content (AvgIpc) is 2.60. The molecule has 0 aliphatic carbocycles. The summed E-state index contributed by atoms with van der Waals surface area (Å²) in [5.74, 6) is 0. The minimum atomic E-state index is -3.38. The van der Waals surface area contributed by atoms with E-state index < -0.39 is 10.2 Å². The van der Waals surface area contributed by atoms with Gasteiger partial charge in [-0.05, 0) is 31.5 Å². The van der Waals surface area contributed by atoms with Crippen molar-refractivity contribution < 1.29 is 8.42 Å². The van der Waals surface area contributed by atoms with Crippen LogP contribution in [0.15, 0.2) is 30.3 Å². The lowest BCUT2D eigenvalue weighted by Crippen LogP contribution is -2.46. The first-order valence-corrected chi connectivity index (χ1v) is 10.1. The summed E-state index contributed by atoms with van der Waals surface area (Å²) in [7, 11) is -3.38. The van der Waals surface area contributed by atoms with Gasteiger partial charge in [-0.3, -0.25) is 4.90 Å². The molecule has 0 radical (unpaired) electrons. The molecule has 1 N–H and O–H groups in total. The number of piperidine rings is 1. The van der Waals surface area contributed by atoms with Crippen LogP contribution >= 0.6 is 0 Å². The highest BCUT2D eigenvalue weighted by Gasteiger charge is 2.26. The van der Waals surface area contributed by atoms with E-state index in [9.17, 15) is 8.42 Å². The molecule has 1 aliphatic rings. The van der Waals surface area contributed by atoms with E-state index in [0.717, 1.165) is 37.9 Å². The Morgan fingerprint density at radius 1 is 1.09 bits per heavy atom. The molecule has 0 saturated carbocycles. The lowest BCUT2D eigenvalue weighted by molar-refractivity contribution is 0.218. The van der Waals surface area contributed by atoms with Crippen molar-refractivity contribution in [2.75, 3.05) is 32.7 Å². The maximum absolute atomic E-state index is 12.5. The zero-order valence-corrected chi connectivity index (χ0v) is 15.1. The van der Waals surface area contributed by atoms with E-state index in [4.69, 9.17) is 0 Å². The number of likely N-dealkylation sites (N-methyl/N-ethyl adjacent to an activating group) is 1. The van der Waals surface area contributed by atoms with Crippen LogP contribution in [-0.4, -0.2) is 50.3 Å². The molecule has 1 aliphatic heterocycles. The molecular weight excluding hydrogens is 310 g/mol. The van der Waals surface area contributed by atoms with Gasteiger partial charge in [0.05, 0.1) is 0 Å². The Morgan fingerprint density at radius 3 is 2.26 bits per heavy atom. The number of rotatable bonds is 8.